The Morgan fingerprint density at radius 3 is 2.76 bits per heavy atom. The van der Waals surface area contributed by atoms with Crippen LogP contribution in [0, 0.1) is 4.64 Å². The molecule has 0 fully saturated rings. The quantitative estimate of drug-likeness (QED) is 0.874. The Hall–Kier alpha value is -1.52. The van der Waals surface area contributed by atoms with E-state index < -0.39 is 0 Å². The summed E-state index contributed by atoms with van der Waals surface area (Å²) >= 11 is 5.51. The van der Waals surface area contributed by atoms with Gasteiger partial charge < -0.3 is 4.98 Å². The lowest BCUT2D eigenvalue weighted by Crippen LogP contribution is -2.31. The Morgan fingerprint density at radius 1 is 1.29 bits per heavy atom. The lowest BCUT2D eigenvalue weighted by Gasteiger charge is -2.29. The topological polar surface area (TPSA) is 31.9 Å². The minimum atomic E-state index is 0.388. The number of H-pyrrole nitrogens is 1. The number of nitrogens with zero attached hydrogens (tertiary/aromatic N) is 2. The second-order valence-corrected chi connectivity index (χ2v) is 6.37. The highest BCUT2D eigenvalue weighted by Gasteiger charge is 2.19. The molecule has 4 heteroatoms. The average molecular weight is 299 g/mol. The molecule has 3 nitrogen and oxygen atoms in total. The fraction of sp³-hybridized carbons (Fsp3) is 0.412. The van der Waals surface area contributed by atoms with Crippen molar-refractivity contribution in [3.63, 3.8) is 0 Å². The smallest absolute Gasteiger partial charge is 0.134 e. The molecule has 0 saturated heterocycles. The monoisotopic (exact) mass is 299 g/mol. The van der Waals surface area contributed by atoms with E-state index in [1.54, 1.807) is 0 Å². The fourth-order valence-electron chi connectivity index (χ4n) is 2.76. The van der Waals surface area contributed by atoms with Gasteiger partial charge >= 0.3 is 0 Å². The summed E-state index contributed by atoms with van der Waals surface area (Å²) < 4.78 is 0.769. The van der Waals surface area contributed by atoms with Gasteiger partial charge in [-0.25, -0.2) is 4.98 Å². The summed E-state index contributed by atoms with van der Waals surface area (Å²) in [6.07, 6.45) is 1.02. The molecule has 0 bridgehead atoms. The van der Waals surface area contributed by atoms with E-state index in [2.05, 4.69) is 59.0 Å². The Kier molecular flexibility index (Phi) is 4.17. The van der Waals surface area contributed by atoms with Gasteiger partial charge in [0.2, 0.25) is 0 Å². The number of hydrogen-bond acceptors (Lipinski definition) is 3. The molecular weight excluding hydrogens is 278 g/mol. The molecule has 1 aromatic heterocycles. The Labute approximate surface area is 131 Å². The summed E-state index contributed by atoms with van der Waals surface area (Å²) in [5, 5.41) is 0. The van der Waals surface area contributed by atoms with Gasteiger partial charge in [0.25, 0.3) is 0 Å². The number of fused-ring (bicyclic) bond motifs is 1. The van der Waals surface area contributed by atoms with E-state index in [-0.39, 0.29) is 0 Å². The van der Waals surface area contributed by atoms with Crippen LogP contribution in [-0.4, -0.2) is 21.4 Å². The Bertz CT molecular complexity index is 676. The minimum absolute atomic E-state index is 0.388. The van der Waals surface area contributed by atoms with Crippen LogP contribution in [0.3, 0.4) is 0 Å². The predicted molar refractivity (Wildman–Crippen MR) is 87.8 cm³/mol. The molecule has 21 heavy (non-hydrogen) atoms. The van der Waals surface area contributed by atoms with Gasteiger partial charge in [-0.15, -0.1) is 0 Å². The molecule has 110 valence electrons. The maximum atomic E-state index is 5.51. The third-order valence-corrected chi connectivity index (χ3v) is 4.32. The molecule has 0 aliphatic carbocycles. The SMILES string of the molecule is CC(C)c1nc(=S)c2c([nH]1)CCN(Cc1ccccc1)C2. The van der Waals surface area contributed by atoms with Crippen LogP contribution >= 0.6 is 12.2 Å². The summed E-state index contributed by atoms with van der Waals surface area (Å²) in [5.41, 5.74) is 3.84. The molecule has 2 aromatic rings. The first kappa shape index (κ1) is 14.4. The van der Waals surface area contributed by atoms with Crippen molar-refractivity contribution in [2.24, 2.45) is 0 Å². The van der Waals surface area contributed by atoms with Crippen molar-refractivity contribution in [2.45, 2.75) is 39.3 Å². The Balaban J connectivity index is 1.81. The number of aromatic amines is 1. The lowest BCUT2D eigenvalue weighted by molar-refractivity contribution is 0.242. The van der Waals surface area contributed by atoms with E-state index in [9.17, 15) is 0 Å². The number of rotatable bonds is 3. The summed E-state index contributed by atoms with van der Waals surface area (Å²) in [5.74, 6) is 1.40. The zero-order chi connectivity index (χ0) is 14.8. The van der Waals surface area contributed by atoms with E-state index in [4.69, 9.17) is 12.2 Å². The van der Waals surface area contributed by atoms with Gasteiger partial charge in [-0.3, -0.25) is 4.90 Å². The average Bonchev–Trinajstić information content (AvgIpc) is 2.48. The van der Waals surface area contributed by atoms with Crippen molar-refractivity contribution in [3.05, 3.63) is 57.6 Å². The molecule has 1 aliphatic heterocycles. The second kappa shape index (κ2) is 6.08. The van der Waals surface area contributed by atoms with E-state index in [0.29, 0.717) is 5.92 Å². The zero-order valence-electron chi connectivity index (χ0n) is 12.6. The highest BCUT2D eigenvalue weighted by Crippen LogP contribution is 2.21. The fourth-order valence-corrected chi connectivity index (χ4v) is 3.05. The highest BCUT2D eigenvalue weighted by molar-refractivity contribution is 7.71. The first-order valence-electron chi connectivity index (χ1n) is 7.51. The van der Waals surface area contributed by atoms with Crippen LogP contribution in [0.5, 0.6) is 0 Å². The van der Waals surface area contributed by atoms with Gasteiger partial charge in [-0.2, -0.15) is 0 Å². The maximum absolute atomic E-state index is 5.51. The van der Waals surface area contributed by atoms with Crippen molar-refractivity contribution < 1.29 is 0 Å². The van der Waals surface area contributed by atoms with Crippen LogP contribution in [0.2, 0.25) is 0 Å². The molecule has 0 saturated carbocycles. The van der Waals surface area contributed by atoms with Crippen LogP contribution in [0.25, 0.3) is 0 Å². The Morgan fingerprint density at radius 2 is 2.05 bits per heavy atom. The number of hydrogen-bond donors (Lipinski definition) is 1. The van der Waals surface area contributed by atoms with Crippen molar-refractivity contribution in [3.8, 4) is 0 Å². The van der Waals surface area contributed by atoms with Gasteiger partial charge in [-0.05, 0) is 5.56 Å². The molecular formula is C17H21N3S. The van der Waals surface area contributed by atoms with E-state index in [0.717, 1.165) is 36.5 Å². The third kappa shape index (κ3) is 3.22. The van der Waals surface area contributed by atoms with Crippen molar-refractivity contribution in [1.29, 1.82) is 0 Å². The molecule has 2 heterocycles. The molecule has 1 aliphatic rings. The van der Waals surface area contributed by atoms with Gasteiger partial charge in [0.1, 0.15) is 10.5 Å². The largest absolute Gasteiger partial charge is 0.347 e. The van der Waals surface area contributed by atoms with Gasteiger partial charge in [0.05, 0.1) is 0 Å². The standard InChI is InChI=1S/C17H21N3S/c1-12(2)16-18-15-8-9-20(11-14(15)17(21)19-16)10-13-6-4-3-5-7-13/h3-7,12H,8-11H2,1-2H3,(H,18,19,21). The summed E-state index contributed by atoms with van der Waals surface area (Å²) in [6.45, 7) is 7.22. The van der Waals surface area contributed by atoms with E-state index in [1.807, 2.05) is 0 Å². The van der Waals surface area contributed by atoms with Gasteiger partial charge in [-0.1, -0.05) is 56.4 Å². The molecule has 0 spiro atoms. The molecule has 0 atom stereocenters. The van der Waals surface area contributed by atoms with Crippen molar-refractivity contribution in [1.82, 2.24) is 14.9 Å². The molecule has 0 amide bonds. The van der Waals surface area contributed by atoms with Gasteiger partial charge in [0.15, 0.2) is 0 Å². The first-order chi connectivity index (χ1) is 10.1. The maximum Gasteiger partial charge on any atom is 0.134 e. The van der Waals surface area contributed by atoms with E-state index in [1.165, 1.54) is 16.8 Å². The van der Waals surface area contributed by atoms with E-state index >= 15 is 0 Å². The summed E-state index contributed by atoms with van der Waals surface area (Å²) in [4.78, 5) is 10.5. The van der Waals surface area contributed by atoms with Crippen molar-refractivity contribution >= 4 is 12.2 Å². The first-order valence-corrected chi connectivity index (χ1v) is 7.92. The van der Waals surface area contributed by atoms with Crippen LogP contribution in [0.4, 0.5) is 0 Å². The number of nitrogens with one attached hydrogen (secondary N) is 1. The molecule has 0 unspecified atom stereocenters. The predicted octanol–water partition coefficient (Wildman–Crippen LogP) is 3.82. The summed E-state index contributed by atoms with van der Waals surface area (Å²) in [7, 11) is 0. The minimum Gasteiger partial charge on any atom is -0.347 e. The highest BCUT2D eigenvalue weighted by atomic mass is 32.1. The molecule has 0 radical (unpaired) electrons. The second-order valence-electron chi connectivity index (χ2n) is 5.99. The number of aromatic nitrogens is 2. The third-order valence-electron chi connectivity index (χ3n) is 3.98. The molecule has 1 N–H and O–H groups in total. The van der Waals surface area contributed by atoms with Gasteiger partial charge in [0, 0.05) is 43.2 Å². The molecule has 1 aromatic carbocycles. The van der Waals surface area contributed by atoms with Crippen molar-refractivity contribution in [2.75, 3.05) is 6.54 Å². The summed E-state index contributed by atoms with van der Waals surface area (Å²) in [6, 6.07) is 10.6. The lowest BCUT2D eigenvalue weighted by atomic mass is 10.1. The molecule has 3 rings (SSSR count). The van der Waals surface area contributed by atoms with Crippen LogP contribution in [0.1, 0.15) is 42.4 Å². The normalized spacial score (nSPS) is 15.2. The van der Waals surface area contributed by atoms with Crippen LogP contribution < -0.4 is 0 Å². The van der Waals surface area contributed by atoms with Crippen LogP contribution in [0.15, 0.2) is 30.3 Å². The zero-order valence-corrected chi connectivity index (χ0v) is 13.4. The number of benzene rings is 1. The van der Waals surface area contributed by atoms with Crippen LogP contribution in [-0.2, 0) is 19.5 Å².